The molecule has 6 rings (SSSR count). The Morgan fingerprint density at radius 3 is 2.30 bits per heavy atom. The predicted octanol–water partition coefficient (Wildman–Crippen LogP) is 6.29. The summed E-state index contributed by atoms with van der Waals surface area (Å²) in [7, 11) is 1.49. The van der Waals surface area contributed by atoms with Gasteiger partial charge < -0.3 is 30.3 Å². The van der Waals surface area contributed by atoms with Crippen LogP contribution in [0.5, 0.6) is 5.75 Å². The van der Waals surface area contributed by atoms with Crippen LogP contribution in [-0.4, -0.2) is 69.4 Å². The van der Waals surface area contributed by atoms with Gasteiger partial charge in [0.2, 0.25) is 5.95 Å². The summed E-state index contributed by atoms with van der Waals surface area (Å²) in [5.41, 5.74) is 3.25. The lowest BCUT2D eigenvalue weighted by atomic mass is 10.1. The molecule has 50 heavy (non-hydrogen) atoms. The number of nitrogens with zero attached hydrogens (tertiary/aromatic N) is 4. The summed E-state index contributed by atoms with van der Waals surface area (Å²) in [6, 6.07) is 19.8. The molecule has 3 aromatic carbocycles. The van der Waals surface area contributed by atoms with E-state index in [0.29, 0.717) is 39.8 Å². The van der Waals surface area contributed by atoms with Crippen molar-refractivity contribution in [1.29, 1.82) is 0 Å². The second-order valence-corrected chi connectivity index (χ2v) is 12.7. The molecular formula is C36H35F2N7O5. The number of anilines is 3. The van der Waals surface area contributed by atoms with Crippen LogP contribution in [0.15, 0.2) is 85.1 Å². The third-order valence-electron chi connectivity index (χ3n) is 7.76. The van der Waals surface area contributed by atoms with Crippen LogP contribution in [0.25, 0.3) is 16.8 Å². The minimum Gasteiger partial charge on any atom is -0.495 e. The molecule has 1 aliphatic rings. The Labute approximate surface area is 286 Å². The molecule has 2 aromatic heterocycles. The summed E-state index contributed by atoms with van der Waals surface area (Å²) in [6.07, 6.45) is 0.0318. The number of fused-ring (bicyclic) bond motifs is 1. The summed E-state index contributed by atoms with van der Waals surface area (Å²) in [4.78, 5) is 44.4. The molecule has 1 fully saturated rings. The van der Waals surface area contributed by atoms with Crippen LogP contribution in [0.3, 0.4) is 0 Å². The van der Waals surface area contributed by atoms with Crippen LogP contribution in [-0.2, 0) is 9.53 Å². The van der Waals surface area contributed by atoms with Crippen molar-refractivity contribution in [3.05, 3.63) is 102 Å². The van der Waals surface area contributed by atoms with Gasteiger partial charge in [0.05, 0.1) is 25.9 Å². The molecule has 3 heterocycles. The van der Waals surface area contributed by atoms with Crippen molar-refractivity contribution < 1.29 is 32.6 Å². The Bertz CT molecular complexity index is 2040. The summed E-state index contributed by atoms with van der Waals surface area (Å²) >= 11 is 0. The number of hydrogen-bond acceptors (Lipinski definition) is 8. The van der Waals surface area contributed by atoms with Gasteiger partial charge in [-0.15, -0.1) is 5.10 Å². The van der Waals surface area contributed by atoms with E-state index in [1.807, 2.05) is 24.3 Å². The van der Waals surface area contributed by atoms with Crippen LogP contribution in [0.4, 0.5) is 30.9 Å². The molecule has 14 heteroatoms. The van der Waals surface area contributed by atoms with Crippen molar-refractivity contribution in [2.24, 2.45) is 0 Å². The zero-order valence-corrected chi connectivity index (χ0v) is 27.7. The third kappa shape index (κ3) is 7.80. The fourth-order valence-corrected chi connectivity index (χ4v) is 5.27. The number of likely N-dealkylation sites (tertiary alicyclic amines) is 1. The Morgan fingerprint density at radius 2 is 1.64 bits per heavy atom. The van der Waals surface area contributed by atoms with E-state index in [1.54, 1.807) is 61.8 Å². The number of alkyl halides is 1. The topological polar surface area (TPSA) is 139 Å². The molecular weight excluding hydrogens is 648 g/mol. The first kappa shape index (κ1) is 33.8. The van der Waals surface area contributed by atoms with E-state index in [-0.39, 0.29) is 19.0 Å². The quantitative estimate of drug-likeness (QED) is 0.165. The van der Waals surface area contributed by atoms with Crippen molar-refractivity contribution in [3.63, 3.8) is 0 Å². The lowest BCUT2D eigenvalue weighted by Crippen LogP contribution is -2.51. The number of alkyl carbamates (subject to hydrolysis) is 1. The maximum absolute atomic E-state index is 13.6. The fraction of sp³-hybridized carbons (Fsp3) is 0.250. The molecule has 0 saturated carbocycles. The molecule has 5 aromatic rings. The Morgan fingerprint density at radius 1 is 0.940 bits per heavy atom. The van der Waals surface area contributed by atoms with Gasteiger partial charge in [-0.2, -0.15) is 4.98 Å². The summed E-state index contributed by atoms with van der Waals surface area (Å²) in [5.74, 6) is -0.565. The number of nitrogens with one attached hydrogen (secondary N) is 3. The molecule has 1 atom stereocenters. The van der Waals surface area contributed by atoms with E-state index in [4.69, 9.17) is 9.47 Å². The van der Waals surface area contributed by atoms with Gasteiger partial charge in [-0.3, -0.25) is 9.59 Å². The largest absolute Gasteiger partial charge is 0.495 e. The number of pyridine rings is 1. The normalized spacial score (nSPS) is 13.7. The average Bonchev–Trinajstić information content (AvgIpc) is 3.47. The number of carbonyl (C=O) groups is 3. The molecule has 0 spiro atoms. The van der Waals surface area contributed by atoms with Gasteiger partial charge in [0.25, 0.3) is 11.8 Å². The van der Waals surface area contributed by atoms with Gasteiger partial charge >= 0.3 is 6.09 Å². The molecule has 3 amide bonds. The van der Waals surface area contributed by atoms with Crippen LogP contribution in [0.1, 0.15) is 42.7 Å². The van der Waals surface area contributed by atoms with Crippen molar-refractivity contribution in [2.45, 2.75) is 38.6 Å². The highest BCUT2D eigenvalue weighted by Crippen LogP contribution is 2.30. The SMILES string of the molecule is COc1cc(C(=O)N2CC(F)C2)ccc1Nc1nc2ccc(-c3ccc(NC(=O)C(NC(=O)OC(C)(C)C)c4ccc(F)cc4)cc3)cn2n1. The van der Waals surface area contributed by atoms with Gasteiger partial charge in [-0.1, -0.05) is 24.3 Å². The third-order valence-corrected chi connectivity index (χ3v) is 7.76. The van der Waals surface area contributed by atoms with E-state index < -0.39 is 35.6 Å². The highest BCUT2D eigenvalue weighted by Gasteiger charge is 2.31. The Hall–Kier alpha value is -6.05. The minimum atomic E-state index is -1.14. The zero-order chi connectivity index (χ0) is 35.6. The average molecular weight is 684 g/mol. The summed E-state index contributed by atoms with van der Waals surface area (Å²) < 4.78 is 39.3. The number of hydrogen-bond donors (Lipinski definition) is 3. The molecule has 258 valence electrons. The number of aromatic nitrogens is 3. The summed E-state index contributed by atoms with van der Waals surface area (Å²) in [6.45, 7) is 5.30. The van der Waals surface area contributed by atoms with Crippen LogP contribution in [0.2, 0.25) is 0 Å². The highest BCUT2D eigenvalue weighted by atomic mass is 19.1. The molecule has 3 N–H and O–H groups in total. The maximum atomic E-state index is 13.6. The molecule has 12 nitrogen and oxygen atoms in total. The van der Waals surface area contributed by atoms with E-state index in [9.17, 15) is 23.2 Å². The Kier molecular flexibility index (Phi) is 9.35. The monoisotopic (exact) mass is 683 g/mol. The van der Waals surface area contributed by atoms with Gasteiger partial charge in [0, 0.05) is 23.0 Å². The number of benzene rings is 3. The number of carbonyl (C=O) groups excluding carboxylic acids is 3. The second kappa shape index (κ2) is 13.8. The van der Waals surface area contributed by atoms with Crippen molar-refractivity contribution in [1.82, 2.24) is 24.8 Å². The van der Waals surface area contributed by atoms with Crippen LogP contribution < -0.4 is 20.7 Å². The first-order valence-electron chi connectivity index (χ1n) is 15.8. The van der Waals surface area contributed by atoms with E-state index >= 15 is 0 Å². The Balaban J connectivity index is 1.14. The molecule has 1 unspecified atom stereocenters. The van der Waals surface area contributed by atoms with Gasteiger partial charge in [-0.05, 0) is 86.5 Å². The van der Waals surface area contributed by atoms with E-state index in [0.717, 1.165) is 11.1 Å². The molecule has 1 saturated heterocycles. The standard InChI is InChI=1S/C36H35F2N7O5/c1-36(2,3)50-35(48)42-31(22-5-11-25(37)12-6-22)32(46)39-27-13-7-21(8-14-27)24-10-16-30-41-34(43-45(30)18-24)40-28-15-9-23(17-29(28)49-4)33(47)44-19-26(38)20-44/h5-18,26,31H,19-20H2,1-4H3,(H,39,46)(H,40,43)(H,42,48). The summed E-state index contributed by atoms with van der Waals surface area (Å²) in [5, 5.41) is 13.0. The van der Waals surface area contributed by atoms with Crippen LogP contribution in [0, 0.1) is 5.82 Å². The van der Waals surface area contributed by atoms with Gasteiger partial charge in [-0.25, -0.2) is 18.1 Å². The smallest absolute Gasteiger partial charge is 0.408 e. The van der Waals surface area contributed by atoms with Crippen molar-refractivity contribution in [3.8, 4) is 16.9 Å². The predicted molar refractivity (Wildman–Crippen MR) is 183 cm³/mol. The zero-order valence-electron chi connectivity index (χ0n) is 27.7. The fourth-order valence-electron chi connectivity index (χ4n) is 5.27. The van der Waals surface area contributed by atoms with Gasteiger partial charge in [0.1, 0.15) is 29.4 Å². The minimum absolute atomic E-state index is 0.0867. The highest BCUT2D eigenvalue weighted by molar-refractivity contribution is 5.97. The second-order valence-electron chi connectivity index (χ2n) is 12.7. The van der Waals surface area contributed by atoms with Crippen molar-refractivity contribution >= 4 is 40.9 Å². The van der Waals surface area contributed by atoms with E-state index in [1.165, 1.54) is 36.3 Å². The first-order valence-corrected chi connectivity index (χ1v) is 15.8. The maximum Gasteiger partial charge on any atom is 0.408 e. The molecule has 0 bridgehead atoms. The molecule has 0 aliphatic carbocycles. The number of methoxy groups -OCH3 is 1. The molecule has 1 aliphatic heterocycles. The van der Waals surface area contributed by atoms with E-state index in [2.05, 4.69) is 26.0 Å². The van der Waals surface area contributed by atoms with Gasteiger partial charge in [0.15, 0.2) is 5.65 Å². The number of halogens is 2. The number of ether oxygens (including phenoxy) is 2. The van der Waals surface area contributed by atoms with Crippen LogP contribution >= 0.6 is 0 Å². The lowest BCUT2D eigenvalue weighted by Gasteiger charge is -2.34. The lowest BCUT2D eigenvalue weighted by molar-refractivity contribution is -0.118. The number of rotatable bonds is 9. The molecule has 0 radical (unpaired) electrons. The number of amides is 3. The first-order chi connectivity index (χ1) is 23.8. The van der Waals surface area contributed by atoms with Crippen molar-refractivity contribution in [2.75, 3.05) is 30.8 Å².